The quantitative estimate of drug-likeness (QED) is 0.897. The number of halogens is 2. The van der Waals surface area contributed by atoms with Crippen LogP contribution in [0.3, 0.4) is 0 Å². The molecule has 0 bridgehead atoms. The van der Waals surface area contributed by atoms with Gasteiger partial charge in [-0.2, -0.15) is 5.26 Å². The standard InChI is InChI=1S/C12H7BrClN3O2S/c13-9-4-10(7-16-6-9)20(18,19)17-12-3-8(5-15)1-2-11(12)14/h1-4,6-7,17H. The van der Waals surface area contributed by atoms with Crippen molar-refractivity contribution in [2.45, 2.75) is 4.90 Å². The minimum atomic E-state index is -3.82. The number of nitrogens with one attached hydrogen (secondary N) is 1. The van der Waals surface area contributed by atoms with E-state index >= 15 is 0 Å². The summed E-state index contributed by atoms with van der Waals surface area (Å²) >= 11 is 9.07. The third-order valence-electron chi connectivity index (χ3n) is 2.33. The predicted octanol–water partition coefficient (Wildman–Crippen LogP) is 3.17. The van der Waals surface area contributed by atoms with Crippen LogP contribution in [0.25, 0.3) is 0 Å². The summed E-state index contributed by atoms with van der Waals surface area (Å²) in [6.07, 6.45) is 2.69. The van der Waals surface area contributed by atoms with E-state index in [-0.39, 0.29) is 15.6 Å². The first-order chi connectivity index (χ1) is 9.42. The Balaban J connectivity index is 2.41. The van der Waals surface area contributed by atoms with Crippen LogP contribution in [-0.4, -0.2) is 13.4 Å². The van der Waals surface area contributed by atoms with E-state index in [2.05, 4.69) is 25.6 Å². The molecule has 0 aliphatic heterocycles. The summed E-state index contributed by atoms with van der Waals surface area (Å²) in [4.78, 5) is 3.79. The molecule has 1 aromatic carbocycles. The fourth-order valence-corrected chi connectivity index (χ4v) is 3.21. The fraction of sp³-hybridized carbons (Fsp3) is 0. The average Bonchev–Trinajstić information content (AvgIpc) is 2.41. The lowest BCUT2D eigenvalue weighted by Gasteiger charge is -2.09. The number of nitriles is 1. The van der Waals surface area contributed by atoms with Crippen molar-refractivity contribution in [1.82, 2.24) is 4.98 Å². The van der Waals surface area contributed by atoms with E-state index in [1.807, 2.05) is 6.07 Å². The fourth-order valence-electron chi connectivity index (χ4n) is 1.42. The van der Waals surface area contributed by atoms with E-state index in [0.29, 0.717) is 10.0 Å². The summed E-state index contributed by atoms with van der Waals surface area (Å²) in [5.41, 5.74) is 0.449. The molecule has 0 unspecified atom stereocenters. The average molecular weight is 373 g/mol. The van der Waals surface area contributed by atoms with Crippen molar-refractivity contribution in [2.24, 2.45) is 0 Å². The van der Waals surface area contributed by atoms with E-state index in [4.69, 9.17) is 16.9 Å². The van der Waals surface area contributed by atoms with Gasteiger partial charge in [0, 0.05) is 16.9 Å². The molecule has 0 saturated carbocycles. The topological polar surface area (TPSA) is 82.9 Å². The highest BCUT2D eigenvalue weighted by Crippen LogP contribution is 2.26. The van der Waals surface area contributed by atoms with Crippen molar-refractivity contribution in [2.75, 3.05) is 4.72 Å². The number of rotatable bonds is 3. The van der Waals surface area contributed by atoms with E-state index < -0.39 is 10.0 Å². The molecule has 0 atom stereocenters. The maximum absolute atomic E-state index is 12.2. The highest BCUT2D eigenvalue weighted by molar-refractivity contribution is 9.10. The second kappa shape index (κ2) is 5.79. The maximum Gasteiger partial charge on any atom is 0.263 e. The third kappa shape index (κ3) is 3.28. The Labute approximate surface area is 129 Å². The van der Waals surface area contributed by atoms with Gasteiger partial charge in [0.25, 0.3) is 10.0 Å². The van der Waals surface area contributed by atoms with Crippen molar-refractivity contribution in [1.29, 1.82) is 5.26 Å². The van der Waals surface area contributed by atoms with Gasteiger partial charge >= 0.3 is 0 Å². The first-order valence-electron chi connectivity index (χ1n) is 5.25. The van der Waals surface area contributed by atoms with Gasteiger partial charge < -0.3 is 0 Å². The normalized spacial score (nSPS) is 10.8. The van der Waals surface area contributed by atoms with Gasteiger partial charge in [-0.1, -0.05) is 11.6 Å². The lowest BCUT2D eigenvalue weighted by Crippen LogP contribution is -2.13. The van der Waals surface area contributed by atoms with Crippen LogP contribution >= 0.6 is 27.5 Å². The van der Waals surface area contributed by atoms with Crippen LogP contribution in [0.2, 0.25) is 5.02 Å². The van der Waals surface area contributed by atoms with Crippen LogP contribution < -0.4 is 4.72 Å². The Hall–Kier alpha value is -1.62. The zero-order valence-electron chi connectivity index (χ0n) is 9.84. The Morgan fingerprint density at radius 3 is 2.70 bits per heavy atom. The smallest absolute Gasteiger partial charge is 0.263 e. The SMILES string of the molecule is N#Cc1ccc(Cl)c(NS(=O)(=O)c2cncc(Br)c2)c1. The summed E-state index contributed by atoms with van der Waals surface area (Å²) in [6.45, 7) is 0. The lowest BCUT2D eigenvalue weighted by molar-refractivity contribution is 0.600. The molecule has 0 radical (unpaired) electrons. The number of anilines is 1. The van der Waals surface area contributed by atoms with Crippen molar-refractivity contribution in [3.05, 3.63) is 51.7 Å². The van der Waals surface area contributed by atoms with E-state index in [0.717, 1.165) is 0 Å². The minimum Gasteiger partial charge on any atom is -0.278 e. The van der Waals surface area contributed by atoms with E-state index in [9.17, 15) is 8.42 Å². The number of nitrogens with zero attached hydrogens (tertiary/aromatic N) is 2. The highest BCUT2D eigenvalue weighted by Gasteiger charge is 2.16. The molecule has 1 N–H and O–H groups in total. The Kier molecular flexibility index (Phi) is 4.28. The van der Waals surface area contributed by atoms with Crippen molar-refractivity contribution in [3.63, 3.8) is 0 Å². The molecule has 0 saturated heterocycles. The molecule has 2 rings (SSSR count). The number of sulfonamides is 1. The van der Waals surface area contributed by atoms with Crippen LogP contribution in [0.5, 0.6) is 0 Å². The van der Waals surface area contributed by atoms with E-state index in [1.54, 1.807) is 0 Å². The van der Waals surface area contributed by atoms with Crippen molar-refractivity contribution in [3.8, 4) is 6.07 Å². The van der Waals surface area contributed by atoms with Crippen LogP contribution in [0.4, 0.5) is 5.69 Å². The number of hydrogen-bond donors (Lipinski definition) is 1. The van der Waals surface area contributed by atoms with Crippen LogP contribution in [0.15, 0.2) is 46.0 Å². The van der Waals surface area contributed by atoms with Gasteiger partial charge in [0.15, 0.2) is 0 Å². The van der Waals surface area contributed by atoms with Crippen LogP contribution in [0, 0.1) is 11.3 Å². The van der Waals surface area contributed by atoms with Gasteiger partial charge in [-0.15, -0.1) is 0 Å². The maximum atomic E-state index is 12.2. The molecular formula is C12H7BrClN3O2S. The molecule has 0 aliphatic carbocycles. The van der Waals surface area contributed by atoms with Gasteiger partial charge in [-0.05, 0) is 40.2 Å². The monoisotopic (exact) mass is 371 g/mol. The van der Waals surface area contributed by atoms with Gasteiger partial charge in [-0.25, -0.2) is 8.42 Å². The molecule has 8 heteroatoms. The number of hydrogen-bond acceptors (Lipinski definition) is 4. The molecule has 20 heavy (non-hydrogen) atoms. The molecule has 2 aromatic rings. The van der Waals surface area contributed by atoms with Gasteiger partial charge in [0.1, 0.15) is 4.90 Å². The predicted molar refractivity (Wildman–Crippen MR) is 78.9 cm³/mol. The molecule has 1 heterocycles. The lowest BCUT2D eigenvalue weighted by atomic mass is 10.2. The van der Waals surface area contributed by atoms with Gasteiger partial charge in [0.2, 0.25) is 0 Å². The van der Waals surface area contributed by atoms with Crippen LogP contribution in [0.1, 0.15) is 5.56 Å². The highest BCUT2D eigenvalue weighted by atomic mass is 79.9. The second-order valence-corrected chi connectivity index (χ2v) is 6.76. The molecule has 1 aromatic heterocycles. The minimum absolute atomic E-state index is 0.00898. The third-order valence-corrected chi connectivity index (χ3v) is 4.43. The first kappa shape index (κ1) is 14.8. The Morgan fingerprint density at radius 2 is 2.05 bits per heavy atom. The Morgan fingerprint density at radius 1 is 1.30 bits per heavy atom. The summed E-state index contributed by atoms with van der Waals surface area (Å²) in [5.74, 6) is 0. The van der Waals surface area contributed by atoms with Gasteiger partial charge in [-0.3, -0.25) is 9.71 Å². The summed E-state index contributed by atoms with van der Waals surface area (Å²) < 4.78 is 27.3. The molecule has 0 fully saturated rings. The summed E-state index contributed by atoms with van der Waals surface area (Å²) in [5, 5.41) is 9.02. The molecule has 5 nitrogen and oxygen atoms in total. The first-order valence-corrected chi connectivity index (χ1v) is 7.91. The molecule has 0 aliphatic rings. The van der Waals surface area contributed by atoms with Crippen molar-refractivity contribution >= 4 is 43.2 Å². The largest absolute Gasteiger partial charge is 0.278 e. The van der Waals surface area contributed by atoms with E-state index in [1.165, 1.54) is 36.7 Å². The number of aromatic nitrogens is 1. The summed E-state index contributed by atoms with van der Waals surface area (Å²) in [6, 6.07) is 7.65. The Bertz CT molecular complexity index is 803. The zero-order chi connectivity index (χ0) is 14.8. The number of benzene rings is 1. The van der Waals surface area contributed by atoms with Crippen LogP contribution in [-0.2, 0) is 10.0 Å². The zero-order valence-corrected chi connectivity index (χ0v) is 13.0. The molecule has 0 spiro atoms. The molecular weight excluding hydrogens is 366 g/mol. The number of pyridine rings is 1. The molecule has 0 amide bonds. The molecule has 102 valence electrons. The van der Waals surface area contributed by atoms with Crippen molar-refractivity contribution < 1.29 is 8.42 Å². The second-order valence-electron chi connectivity index (χ2n) is 3.75. The summed E-state index contributed by atoms with van der Waals surface area (Å²) in [7, 11) is -3.82. The van der Waals surface area contributed by atoms with Gasteiger partial charge in [0.05, 0.1) is 22.3 Å².